The fourth-order valence-electron chi connectivity index (χ4n) is 6.67. The van der Waals surface area contributed by atoms with Crippen molar-refractivity contribution in [1.29, 1.82) is 0 Å². The summed E-state index contributed by atoms with van der Waals surface area (Å²) in [6.07, 6.45) is 12.1. The van der Waals surface area contributed by atoms with E-state index < -0.39 is 0 Å². The molecule has 0 aromatic carbocycles. The third-order valence-corrected chi connectivity index (χ3v) is 6.94. The van der Waals surface area contributed by atoms with Crippen LogP contribution in [0.15, 0.2) is 0 Å². The zero-order valence-corrected chi connectivity index (χ0v) is 11.2. The van der Waals surface area contributed by atoms with E-state index in [0.29, 0.717) is 6.04 Å². The zero-order chi connectivity index (χ0) is 11.6. The van der Waals surface area contributed by atoms with Crippen LogP contribution in [0.1, 0.15) is 58.3 Å². The molecule has 0 saturated heterocycles. The molecule has 5 saturated carbocycles. The molecule has 0 aromatic heterocycles. The lowest BCUT2D eigenvalue weighted by molar-refractivity contribution is -0.133. The SMILES string of the molecule is CCC1C(N)CC1C12CC3CC(CC(C3)C1)C2. The molecule has 0 aliphatic heterocycles. The smallest absolute Gasteiger partial charge is 0.00728 e. The molecule has 0 heterocycles. The molecule has 3 unspecified atom stereocenters. The summed E-state index contributed by atoms with van der Waals surface area (Å²) in [6.45, 7) is 2.36. The highest BCUT2D eigenvalue weighted by Gasteiger charge is 2.58. The van der Waals surface area contributed by atoms with Crippen molar-refractivity contribution >= 4 is 0 Å². The predicted molar refractivity (Wildman–Crippen MR) is 70.5 cm³/mol. The number of nitrogens with two attached hydrogens (primary N) is 1. The molecule has 0 amide bonds. The topological polar surface area (TPSA) is 26.0 Å². The van der Waals surface area contributed by atoms with Crippen LogP contribution in [-0.4, -0.2) is 6.04 Å². The molecule has 5 aliphatic carbocycles. The molecule has 0 spiro atoms. The van der Waals surface area contributed by atoms with Crippen molar-refractivity contribution in [3.63, 3.8) is 0 Å². The lowest BCUT2D eigenvalue weighted by atomic mass is 9.41. The van der Waals surface area contributed by atoms with Crippen LogP contribution >= 0.6 is 0 Å². The molecule has 1 heteroatoms. The van der Waals surface area contributed by atoms with Gasteiger partial charge in [0.2, 0.25) is 0 Å². The van der Waals surface area contributed by atoms with E-state index in [9.17, 15) is 0 Å². The van der Waals surface area contributed by atoms with E-state index in [0.717, 1.165) is 35.0 Å². The average Bonchev–Trinajstić information content (AvgIpc) is 2.24. The quantitative estimate of drug-likeness (QED) is 0.775. The van der Waals surface area contributed by atoms with Crippen LogP contribution in [0.2, 0.25) is 0 Å². The van der Waals surface area contributed by atoms with Crippen LogP contribution in [0.5, 0.6) is 0 Å². The Kier molecular flexibility index (Phi) is 2.23. The van der Waals surface area contributed by atoms with Crippen LogP contribution in [0.25, 0.3) is 0 Å². The van der Waals surface area contributed by atoms with Crippen LogP contribution in [0.3, 0.4) is 0 Å². The Morgan fingerprint density at radius 3 is 1.88 bits per heavy atom. The van der Waals surface area contributed by atoms with Crippen molar-refractivity contribution in [3.05, 3.63) is 0 Å². The molecule has 96 valence electrons. The van der Waals surface area contributed by atoms with Crippen molar-refractivity contribution in [2.75, 3.05) is 0 Å². The van der Waals surface area contributed by atoms with E-state index in [4.69, 9.17) is 5.73 Å². The summed E-state index contributed by atoms with van der Waals surface area (Å²) in [5, 5.41) is 0. The molecule has 5 aliphatic rings. The lowest BCUT2D eigenvalue weighted by Gasteiger charge is -2.64. The fourth-order valence-corrected chi connectivity index (χ4v) is 6.67. The monoisotopic (exact) mass is 233 g/mol. The van der Waals surface area contributed by atoms with E-state index in [1.165, 1.54) is 12.8 Å². The molecular formula is C16H27N. The molecule has 5 fully saturated rings. The molecule has 3 atom stereocenters. The normalized spacial score (nSPS) is 60.4. The maximum absolute atomic E-state index is 6.24. The Hall–Kier alpha value is -0.0400. The number of rotatable bonds is 2. The second kappa shape index (κ2) is 3.50. The minimum atomic E-state index is 0.540. The van der Waals surface area contributed by atoms with Gasteiger partial charge in [0, 0.05) is 6.04 Å². The molecule has 0 aromatic rings. The zero-order valence-electron chi connectivity index (χ0n) is 11.2. The summed E-state index contributed by atoms with van der Waals surface area (Å²) >= 11 is 0. The first-order chi connectivity index (χ1) is 8.20. The van der Waals surface area contributed by atoms with Crippen LogP contribution in [0, 0.1) is 35.0 Å². The fraction of sp³-hybridized carbons (Fsp3) is 1.00. The van der Waals surface area contributed by atoms with E-state index in [1.807, 2.05) is 0 Å². The van der Waals surface area contributed by atoms with Gasteiger partial charge in [-0.1, -0.05) is 13.3 Å². The van der Waals surface area contributed by atoms with Gasteiger partial charge in [0.1, 0.15) is 0 Å². The highest BCUT2D eigenvalue weighted by atomic mass is 14.8. The van der Waals surface area contributed by atoms with Crippen molar-refractivity contribution in [1.82, 2.24) is 0 Å². The summed E-state index contributed by atoms with van der Waals surface area (Å²) in [6, 6.07) is 0.540. The molecule has 0 radical (unpaired) electrons. The van der Waals surface area contributed by atoms with Gasteiger partial charge in [-0.15, -0.1) is 0 Å². The van der Waals surface area contributed by atoms with Gasteiger partial charge in [0.25, 0.3) is 0 Å². The van der Waals surface area contributed by atoms with Gasteiger partial charge in [0.15, 0.2) is 0 Å². The molecular weight excluding hydrogens is 206 g/mol. The lowest BCUT2D eigenvalue weighted by Crippen LogP contribution is -2.59. The Morgan fingerprint density at radius 1 is 0.941 bits per heavy atom. The van der Waals surface area contributed by atoms with Gasteiger partial charge in [0.05, 0.1) is 0 Å². The second-order valence-electron chi connectivity index (χ2n) is 7.86. The van der Waals surface area contributed by atoms with Crippen LogP contribution in [0.4, 0.5) is 0 Å². The maximum atomic E-state index is 6.24. The summed E-state index contributed by atoms with van der Waals surface area (Å²) in [4.78, 5) is 0. The van der Waals surface area contributed by atoms with Crippen LogP contribution in [-0.2, 0) is 0 Å². The van der Waals surface area contributed by atoms with E-state index >= 15 is 0 Å². The molecule has 4 bridgehead atoms. The number of hydrogen-bond donors (Lipinski definition) is 1. The molecule has 1 nitrogen and oxygen atoms in total. The summed E-state index contributed by atoms with van der Waals surface area (Å²) in [5.41, 5.74) is 7.01. The van der Waals surface area contributed by atoms with Crippen molar-refractivity contribution in [2.24, 2.45) is 40.7 Å². The standard InChI is InChI=1S/C16H27N/c1-2-13-14(6-15(13)17)16-7-10-3-11(8-16)5-12(4-10)9-16/h10-15H,2-9,17H2,1H3. The average molecular weight is 233 g/mol. The molecule has 2 N–H and O–H groups in total. The highest BCUT2D eigenvalue weighted by molar-refractivity contribution is 5.09. The van der Waals surface area contributed by atoms with E-state index in [1.54, 1.807) is 38.5 Å². The third kappa shape index (κ3) is 1.41. The first kappa shape index (κ1) is 10.8. The van der Waals surface area contributed by atoms with E-state index in [2.05, 4.69) is 6.92 Å². The Bertz CT molecular complexity index is 286. The largest absolute Gasteiger partial charge is 0.327 e. The minimum Gasteiger partial charge on any atom is -0.327 e. The minimum absolute atomic E-state index is 0.540. The first-order valence-electron chi connectivity index (χ1n) is 7.96. The first-order valence-corrected chi connectivity index (χ1v) is 7.96. The van der Waals surface area contributed by atoms with Gasteiger partial charge in [-0.2, -0.15) is 0 Å². The van der Waals surface area contributed by atoms with Crippen molar-refractivity contribution < 1.29 is 0 Å². The predicted octanol–water partition coefficient (Wildman–Crippen LogP) is 3.58. The van der Waals surface area contributed by atoms with Crippen LogP contribution < -0.4 is 5.73 Å². The van der Waals surface area contributed by atoms with E-state index in [-0.39, 0.29) is 0 Å². The van der Waals surface area contributed by atoms with Gasteiger partial charge in [-0.05, 0) is 80.0 Å². The van der Waals surface area contributed by atoms with Gasteiger partial charge in [-0.3, -0.25) is 0 Å². The highest BCUT2D eigenvalue weighted by Crippen LogP contribution is 2.66. The van der Waals surface area contributed by atoms with Gasteiger partial charge >= 0.3 is 0 Å². The molecule has 17 heavy (non-hydrogen) atoms. The summed E-state index contributed by atoms with van der Waals surface area (Å²) in [7, 11) is 0. The van der Waals surface area contributed by atoms with Crippen molar-refractivity contribution in [2.45, 2.75) is 64.3 Å². The Labute approximate surface area is 106 Å². The second-order valence-corrected chi connectivity index (χ2v) is 7.86. The third-order valence-electron chi connectivity index (χ3n) is 6.94. The Morgan fingerprint density at radius 2 is 1.47 bits per heavy atom. The molecule has 5 rings (SSSR count). The summed E-state index contributed by atoms with van der Waals surface area (Å²) < 4.78 is 0. The summed E-state index contributed by atoms with van der Waals surface area (Å²) in [5.74, 6) is 5.20. The van der Waals surface area contributed by atoms with Gasteiger partial charge < -0.3 is 5.73 Å². The number of hydrogen-bond acceptors (Lipinski definition) is 1. The maximum Gasteiger partial charge on any atom is 0.00728 e. The van der Waals surface area contributed by atoms with Crippen molar-refractivity contribution in [3.8, 4) is 0 Å². The van der Waals surface area contributed by atoms with Gasteiger partial charge in [-0.25, -0.2) is 0 Å². The Balaban J connectivity index is 1.60.